The highest BCUT2D eigenvalue weighted by Crippen LogP contribution is 2.20. The number of nitrogens with zero attached hydrogens (tertiary/aromatic N) is 1. The average molecular weight is 314 g/mol. The lowest BCUT2D eigenvalue weighted by Gasteiger charge is -2.26. The van der Waals surface area contributed by atoms with Crippen molar-refractivity contribution >= 4 is 5.91 Å². The van der Waals surface area contributed by atoms with Crippen molar-refractivity contribution in [3.63, 3.8) is 0 Å². The molecule has 23 heavy (non-hydrogen) atoms. The summed E-state index contributed by atoms with van der Waals surface area (Å²) in [5.41, 5.74) is 2.48. The predicted molar refractivity (Wildman–Crippen MR) is 90.9 cm³/mol. The van der Waals surface area contributed by atoms with E-state index in [9.17, 15) is 4.79 Å². The largest absolute Gasteiger partial charge is 0.379 e. The molecule has 0 spiro atoms. The third-order valence-electron chi connectivity index (χ3n) is 4.58. The van der Waals surface area contributed by atoms with Gasteiger partial charge in [0.25, 0.3) is 0 Å². The first-order valence-corrected chi connectivity index (χ1v) is 8.61. The van der Waals surface area contributed by atoms with Crippen LogP contribution in [0.5, 0.6) is 0 Å². The number of carbonyl (C=O) groups excluding carboxylic acids is 1. The Morgan fingerprint density at radius 1 is 1.17 bits per heavy atom. The van der Waals surface area contributed by atoms with Crippen LogP contribution < -0.4 is 5.32 Å². The Morgan fingerprint density at radius 2 is 1.91 bits per heavy atom. The minimum absolute atomic E-state index is 0.152. The van der Waals surface area contributed by atoms with Crippen LogP contribution in [0.25, 0.3) is 0 Å². The Morgan fingerprint density at radius 3 is 2.61 bits per heavy atom. The highest BCUT2D eigenvalue weighted by atomic mass is 16.5. The Balaban J connectivity index is 1.41. The van der Waals surface area contributed by atoms with Crippen molar-refractivity contribution in [2.75, 3.05) is 26.3 Å². The van der Waals surface area contributed by atoms with Gasteiger partial charge in [0.15, 0.2) is 0 Å². The number of benzene rings is 1. The summed E-state index contributed by atoms with van der Waals surface area (Å²) in [5, 5.41) is 3.03. The van der Waals surface area contributed by atoms with Gasteiger partial charge in [-0.05, 0) is 29.9 Å². The van der Waals surface area contributed by atoms with Crippen molar-refractivity contribution < 1.29 is 9.53 Å². The molecule has 1 saturated heterocycles. The van der Waals surface area contributed by atoms with E-state index in [2.05, 4.69) is 46.6 Å². The van der Waals surface area contributed by atoms with E-state index in [0.29, 0.717) is 18.9 Å². The van der Waals surface area contributed by atoms with E-state index in [-0.39, 0.29) is 5.91 Å². The zero-order valence-electron chi connectivity index (χ0n) is 13.7. The molecule has 1 fully saturated rings. The molecule has 1 amide bonds. The van der Waals surface area contributed by atoms with E-state index in [0.717, 1.165) is 51.3 Å². The van der Waals surface area contributed by atoms with E-state index in [1.54, 1.807) is 0 Å². The molecular formula is C19H26N2O2. The molecule has 124 valence electrons. The second-order valence-corrected chi connectivity index (χ2v) is 6.45. The number of morpholine rings is 1. The normalized spacial score (nSPS) is 21.5. The van der Waals surface area contributed by atoms with Gasteiger partial charge in [-0.15, -0.1) is 0 Å². The zero-order chi connectivity index (χ0) is 15.9. The van der Waals surface area contributed by atoms with Crippen LogP contribution in [0, 0.1) is 5.92 Å². The van der Waals surface area contributed by atoms with E-state index < -0.39 is 0 Å². The van der Waals surface area contributed by atoms with Gasteiger partial charge in [0.05, 0.1) is 13.2 Å². The molecule has 1 aromatic rings. The van der Waals surface area contributed by atoms with Gasteiger partial charge in [0.2, 0.25) is 5.91 Å². The monoisotopic (exact) mass is 314 g/mol. The number of allylic oxidation sites excluding steroid dienone is 2. The van der Waals surface area contributed by atoms with Crippen LogP contribution >= 0.6 is 0 Å². The number of rotatable bonds is 6. The van der Waals surface area contributed by atoms with Gasteiger partial charge >= 0.3 is 0 Å². The molecule has 0 saturated carbocycles. The van der Waals surface area contributed by atoms with Crippen molar-refractivity contribution in [3.05, 3.63) is 47.5 Å². The molecule has 4 heteroatoms. The highest BCUT2D eigenvalue weighted by molar-refractivity contribution is 5.76. The Hall–Kier alpha value is -1.65. The van der Waals surface area contributed by atoms with Crippen molar-refractivity contribution in [2.45, 2.75) is 32.4 Å². The third-order valence-corrected chi connectivity index (χ3v) is 4.58. The maximum absolute atomic E-state index is 11.9. The van der Waals surface area contributed by atoms with Gasteiger partial charge in [0, 0.05) is 32.6 Å². The fraction of sp³-hybridized carbons (Fsp3) is 0.526. The SMILES string of the molecule is O=C(C[C@H]1C=CCC1)NCc1ccc(CN2CCOCC2)cc1. The fourth-order valence-corrected chi connectivity index (χ4v) is 3.16. The van der Waals surface area contributed by atoms with E-state index in [1.165, 1.54) is 5.56 Å². The molecule has 1 N–H and O–H groups in total. The summed E-state index contributed by atoms with van der Waals surface area (Å²) < 4.78 is 5.37. The van der Waals surface area contributed by atoms with Crippen molar-refractivity contribution in [1.29, 1.82) is 0 Å². The Labute approximate surface area is 138 Å². The molecular weight excluding hydrogens is 288 g/mol. The topological polar surface area (TPSA) is 41.6 Å². The summed E-state index contributed by atoms with van der Waals surface area (Å²) in [5.74, 6) is 0.588. The van der Waals surface area contributed by atoms with Crippen LogP contribution in [-0.2, 0) is 22.6 Å². The summed E-state index contributed by atoms with van der Waals surface area (Å²) in [6.07, 6.45) is 7.18. The minimum atomic E-state index is 0.152. The van der Waals surface area contributed by atoms with Gasteiger partial charge in [-0.25, -0.2) is 0 Å². The zero-order valence-corrected chi connectivity index (χ0v) is 13.7. The van der Waals surface area contributed by atoms with Crippen molar-refractivity contribution in [1.82, 2.24) is 10.2 Å². The second-order valence-electron chi connectivity index (χ2n) is 6.45. The lowest BCUT2D eigenvalue weighted by Crippen LogP contribution is -2.35. The smallest absolute Gasteiger partial charge is 0.220 e. The summed E-state index contributed by atoms with van der Waals surface area (Å²) >= 11 is 0. The molecule has 0 unspecified atom stereocenters. The first-order chi connectivity index (χ1) is 11.3. The maximum Gasteiger partial charge on any atom is 0.220 e. The quantitative estimate of drug-likeness (QED) is 0.820. The summed E-state index contributed by atoms with van der Waals surface area (Å²) in [7, 11) is 0. The lowest BCUT2D eigenvalue weighted by atomic mass is 10.0. The van der Waals surface area contributed by atoms with Gasteiger partial charge < -0.3 is 10.1 Å². The summed E-state index contributed by atoms with van der Waals surface area (Å²) in [4.78, 5) is 14.4. The lowest BCUT2D eigenvalue weighted by molar-refractivity contribution is -0.121. The van der Waals surface area contributed by atoms with E-state index in [4.69, 9.17) is 4.74 Å². The number of ether oxygens (including phenoxy) is 1. The Bertz CT molecular complexity index is 533. The molecule has 1 heterocycles. The van der Waals surface area contributed by atoms with Crippen molar-refractivity contribution in [3.8, 4) is 0 Å². The summed E-state index contributed by atoms with van der Waals surface area (Å²) in [6.45, 7) is 5.28. The standard InChI is InChI=1S/C19H26N2O2/c22-19(13-16-3-1-2-4-16)20-14-17-5-7-18(8-6-17)15-21-9-11-23-12-10-21/h1,3,5-8,16H,2,4,9-15H2,(H,20,22)/t16-/m0/s1. The molecule has 0 aromatic heterocycles. The Kier molecular flexibility index (Phi) is 5.83. The van der Waals surface area contributed by atoms with E-state index >= 15 is 0 Å². The van der Waals surface area contributed by atoms with Crippen LogP contribution in [-0.4, -0.2) is 37.1 Å². The third kappa shape index (κ3) is 5.19. The molecule has 3 rings (SSSR count). The number of nitrogens with one attached hydrogen (secondary N) is 1. The molecule has 4 nitrogen and oxygen atoms in total. The molecule has 2 aliphatic rings. The number of hydrogen-bond donors (Lipinski definition) is 1. The summed E-state index contributed by atoms with van der Waals surface area (Å²) in [6, 6.07) is 8.56. The van der Waals surface area contributed by atoms with Crippen LogP contribution in [0.2, 0.25) is 0 Å². The van der Waals surface area contributed by atoms with Crippen LogP contribution in [0.15, 0.2) is 36.4 Å². The molecule has 0 bridgehead atoms. The minimum Gasteiger partial charge on any atom is -0.379 e. The van der Waals surface area contributed by atoms with E-state index in [1.807, 2.05) is 0 Å². The first kappa shape index (κ1) is 16.2. The van der Waals surface area contributed by atoms with Gasteiger partial charge in [0.1, 0.15) is 0 Å². The average Bonchev–Trinajstić information content (AvgIpc) is 3.08. The first-order valence-electron chi connectivity index (χ1n) is 8.61. The highest BCUT2D eigenvalue weighted by Gasteiger charge is 2.14. The van der Waals surface area contributed by atoms with Gasteiger partial charge in [-0.2, -0.15) is 0 Å². The number of carbonyl (C=O) groups is 1. The van der Waals surface area contributed by atoms with Crippen molar-refractivity contribution in [2.24, 2.45) is 5.92 Å². The molecule has 1 aliphatic carbocycles. The second kappa shape index (κ2) is 8.27. The predicted octanol–water partition coefficient (Wildman–Crippen LogP) is 2.49. The molecule has 1 atom stereocenters. The molecule has 0 radical (unpaired) electrons. The van der Waals surface area contributed by atoms with Gasteiger partial charge in [-0.3, -0.25) is 9.69 Å². The molecule has 1 aliphatic heterocycles. The van der Waals surface area contributed by atoms with Crippen LogP contribution in [0.4, 0.5) is 0 Å². The number of amides is 1. The van der Waals surface area contributed by atoms with Crippen LogP contribution in [0.3, 0.4) is 0 Å². The van der Waals surface area contributed by atoms with Gasteiger partial charge in [-0.1, -0.05) is 36.4 Å². The molecule has 1 aromatic carbocycles. The van der Waals surface area contributed by atoms with Crippen LogP contribution in [0.1, 0.15) is 30.4 Å². The maximum atomic E-state index is 11.9. The fourth-order valence-electron chi connectivity index (χ4n) is 3.16. The number of hydrogen-bond acceptors (Lipinski definition) is 3.